The molecule has 118 valence electrons. The van der Waals surface area contributed by atoms with Gasteiger partial charge in [0.1, 0.15) is 9.09 Å². The van der Waals surface area contributed by atoms with Gasteiger partial charge in [-0.15, -0.1) is 11.3 Å². The summed E-state index contributed by atoms with van der Waals surface area (Å²) in [6.45, 7) is 3.27. The zero-order valence-corrected chi connectivity index (χ0v) is 13.3. The average molecular weight is 335 g/mol. The van der Waals surface area contributed by atoms with E-state index in [4.69, 9.17) is 14.9 Å². The molecule has 2 unspecified atom stereocenters. The molecule has 21 heavy (non-hydrogen) atoms. The number of aromatic carboxylic acids is 1. The van der Waals surface area contributed by atoms with E-state index in [0.717, 1.165) is 11.3 Å². The van der Waals surface area contributed by atoms with Gasteiger partial charge in [0.15, 0.2) is 0 Å². The Balaban J connectivity index is 2.33. The lowest BCUT2D eigenvalue weighted by molar-refractivity contribution is -0.0750. The molecule has 1 aliphatic heterocycles. The molecule has 1 aromatic rings. The summed E-state index contributed by atoms with van der Waals surface area (Å²) in [5.74, 6) is -1.14. The first kappa shape index (κ1) is 16.4. The van der Waals surface area contributed by atoms with Gasteiger partial charge in [0, 0.05) is 13.1 Å². The third-order valence-electron chi connectivity index (χ3n) is 3.18. The van der Waals surface area contributed by atoms with Crippen LogP contribution in [0.15, 0.2) is 10.3 Å². The fraction of sp³-hybridized carbons (Fsp3) is 0.583. The first-order valence-corrected chi connectivity index (χ1v) is 8.61. The van der Waals surface area contributed by atoms with E-state index in [0.29, 0.717) is 5.56 Å². The van der Waals surface area contributed by atoms with Crippen LogP contribution in [0.5, 0.6) is 0 Å². The Labute approximate surface area is 126 Å². The van der Waals surface area contributed by atoms with Crippen LogP contribution in [0.4, 0.5) is 0 Å². The largest absolute Gasteiger partial charge is 0.477 e. The normalized spacial score (nSPS) is 24.1. The van der Waals surface area contributed by atoms with Crippen LogP contribution in [0.2, 0.25) is 0 Å². The molecule has 2 N–H and O–H groups in total. The standard InChI is InChI=1S/C12H17NO6S2/c1-7-3-10(20-11(7)12(15)16)21(17,18)13-4-8(2)19-9(5-13)6-14/h3,8-9,14H,4-6H2,1-2H3,(H,15,16). The topological polar surface area (TPSA) is 104 Å². The minimum atomic E-state index is -3.78. The van der Waals surface area contributed by atoms with Crippen molar-refractivity contribution in [3.63, 3.8) is 0 Å². The van der Waals surface area contributed by atoms with Crippen LogP contribution in [-0.2, 0) is 14.8 Å². The molecule has 1 saturated heterocycles. The maximum atomic E-state index is 12.6. The van der Waals surface area contributed by atoms with Gasteiger partial charge in [-0.05, 0) is 25.5 Å². The second-order valence-corrected chi connectivity index (χ2v) is 8.17. The lowest BCUT2D eigenvalue weighted by Gasteiger charge is -2.34. The van der Waals surface area contributed by atoms with Gasteiger partial charge in [0.25, 0.3) is 10.0 Å². The Morgan fingerprint density at radius 3 is 2.71 bits per heavy atom. The molecule has 1 fully saturated rings. The molecule has 0 spiro atoms. The number of rotatable bonds is 4. The summed E-state index contributed by atoms with van der Waals surface area (Å²) in [5.41, 5.74) is 0.422. The summed E-state index contributed by atoms with van der Waals surface area (Å²) in [5, 5.41) is 18.2. The van der Waals surface area contributed by atoms with E-state index in [1.165, 1.54) is 10.4 Å². The summed E-state index contributed by atoms with van der Waals surface area (Å²) < 4.78 is 31.8. The average Bonchev–Trinajstić information content (AvgIpc) is 2.81. The lowest BCUT2D eigenvalue weighted by atomic mass is 10.2. The van der Waals surface area contributed by atoms with Crippen LogP contribution in [-0.4, -0.2) is 60.8 Å². The van der Waals surface area contributed by atoms with Crippen molar-refractivity contribution in [1.29, 1.82) is 0 Å². The van der Waals surface area contributed by atoms with Gasteiger partial charge in [0.05, 0.1) is 18.8 Å². The second kappa shape index (κ2) is 6.01. The molecule has 1 aliphatic rings. The van der Waals surface area contributed by atoms with Crippen LogP contribution in [0, 0.1) is 6.92 Å². The highest BCUT2D eigenvalue weighted by molar-refractivity contribution is 7.91. The van der Waals surface area contributed by atoms with Crippen molar-refractivity contribution in [2.45, 2.75) is 30.3 Å². The number of hydrogen-bond donors (Lipinski definition) is 2. The van der Waals surface area contributed by atoms with Crippen molar-refractivity contribution in [1.82, 2.24) is 4.31 Å². The number of carboxylic acids is 1. The molecular weight excluding hydrogens is 318 g/mol. The molecule has 0 aliphatic carbocycles. The number of carboxylic acid groups (broad SMARTS) is 1. The molecule has 0 bridgehead atoms. The highest BCUT2D eigenvalue weighted by atomic mass is 32.2. The van der Waals surface area contributed by atoms with Crippen LogP contribution < -0.4 is 0 Å². The molecule has 0 amide bonds. The Morgan fingerprint density at radius 1 is 1.52 bits per heavy atom. The number of nitrogens with zero attached hydrogens (tertiary/aromatic N) is 1. The second-order valence-electron chi connectivity index (χ2n) is 4.96. The number of ether oxygens (including phenoxy) is 1. The number of carbonyl (C=O) groups is 1. The van der Waals surface area contributed by atoms with Crippen molar-refractivity contribution in [2.75, 3.05) is 19.7 Å². The van der Waals surface area contributed by atoms with Crippen LogP contribution >= 0.6 is 11.3 Å². The number of aliphatic hydroxyl groups is 1. The number of aryl methyl sites for hydroxylation is 1. The SMILES string of the molecule is Cc1cc(S(=O)(=O)N2CC(C)OC(CO)C2)sc1C(=O)O. The smallest absolute Gasteiger partial charge is 0.346 e. The highest BCUT2D eigenvalue weighted by Gasteiger charge is 2.35. The summed E-state index contributed by atoms with van der Waals surface area (Å²) in [4.78, 5) is 11.1. The Morgan fingerprint density at radius 2 is 2.19 bits per heavy atom. The first-order chi connectivity index (χ1) is 9.75. The monoisotopic (exact) mass is 335 g/mol. The van der Waals surface area contributed by atoms with Crippen molar-refractivity contribution >= 4 is 27.3 Å². The number of morpholine rings is 1. The van der Waals surface area contributed by atoms with E-state index < -0.39 is 22.1 Å². The minimum absolute atomic E-state index is 0.00295. The molecule has 0 saturated carbocycles. The quantitative estimate of drug-likeness (QED) is 0.831. The van der Waals surface area contributed by atoms with Crippen LogP contribution in [0.25, 0.3) is 0 Å². The fourth-order valence-corrected chi connectivity index (χ4v) is 5.30. The van der Waals surface area contributed by atoms with E-state index in [1.54, 1.807) is 13.8 Å². The molecule has 0 aromatic carbocycles. The maximum absolute atomic E-state index is 12.6. The van der Waals surface area contributed by atoms with Crippen molar-refractivity contribution in [3.8, 4) is 0 Å². The van der Waals surface area contributed by atoms with E-state index >= 15 is 0 Å². The predicted octanol–water partition coefficient (Wildman–Crippen LogP) is 0.525. The summed E-state index contributed by atoms with van der Waals surface area (Å²) in [6, 6.07) is 1.37. The zero-order chi connectivity index (χ0) is 15.8. The van der Waals surface area contributed by atoms with E-state index in [2.05, 4.69) is 0 Å². The molecule has 2 heterocycles. The fourth-order valence-electron chi connectivity index (χ4n) is 2.22. The Bertz CT molecular complexity index is 638. The summed E-state index contributed by atoms with van der Waals surface area (Å²) in [6.07, 6.45) is -0.894. The van der Waals surface area contributed by atoms with Crippen molar-refractivity contribution in [3.05, 3.63) is 16.5 Å². The van der Waals surface area contributed by atoms with E-state index in [9.17, 15) is 13.2 Å². The van der Waals surface area contributed by atoms with Gasteiger partial charge < -0.3 is 14.9 Å². The summed E-state index contributed by atoms with van der Waals surface area (Å²) >= 11 is 0.746. The number of aliphatic hydroxyl groups excluding tert-OH is 1. The third kappa shape index (κ3) is 3.27. The predicted molar refractivity (Wildman–Crippen MR) is 76.2 cm³/mol. The van der Waals surface area contributed by atoms with Crippen LogP contribution in [0.3, 0.4) is 0 Å². The van der Waals surface area contributed by atoms with Gasteiger partial charge in [0.2, 0.25) is 0 Å². The van der Waals surface area contributed by atoms with Crippen molar-refractivity contribution < 1.29 is 28.2 Å². The molecule has 7 nitrogen and oxygen atoms in total. The Kier molecular flexibility index (Phi) is 4.69. The molecule has 2 rings (SSSR count). The van der Waals surface area contributed by atoms with Gasteiger partial charge in [-0.25, -0.2) is 13.2 Å². The van der Waals surface area contributed by atoms with Crippen LogP contribution in [0.1, 0.15) is 22.2 Å². The van der Waals surface area contributed by atoms with Gasteiger partial charge >= 0.3 is 5.97 Å². The van der Waals surface area contributed by atoms with Gasteiger partial charge in [-0.1, -0.05) is 0 Å². The van der Waals surface area contributed by atoms with E-state index in [-0.39, 0.29) is 34.9 Å². The first-order valence-electron chi connectivity index (χ1n) is 6.36. The molecule has 2 atom stereocenters. The number of hydrogen-bond acceptors (Lipinski definition) is 6. The third-order valence-corrected chi connectivity index (χ3v) is 6.69. The molecule has 1 aromatic heterocycles. The van der Waals surface area contributed by atoms with E-state index in [1.807, 2.05) is 0 Å². The summed E-state index contributed by atoms with van der Waals surface area (Å²) in [7, 11) is -3.78. The zero-order valence-electron chi connectivity index (χ0n) is 11.6. The number of sulfonamides is 1. The highest BCUT2D eigenvalue weighted by Crippen LogP contribution is 2.30. The van der Waals surface area contributed by atoms with Gasteiger partial charge in [-0.2, -0.15) is 4.31 Å². The Hall–Kier alpha value is -1.00. The lowest BCUT2D eigenvalue weighted by Crippen LogP contribution is -2.50. The minimum Gasteiger partial charge on any atom is -0.477 e. The molecule has 0 radical (unpaired) electrons. The van der Waals surface area contributed by atoms with Gasteiger partial charge in [-0.3, -0.25) is 0 Å². The molecular formula is C12H17NO6S2. The molecule has 9 heteroatoms. The van der Waals surface area contributed by atoms with Crippen molar-refractivity contribution in [2.24, 2.45) is 0 Å². The maximum Gasteiger partial charge on any atom is 0.346 e. The number of thiophene rings is 1.